The number of nitrogens with zero attached hydrogens (tertiary/aromatic N) is 4. The highest BCUT2D eigenvalue weighted by Crippen LogP contribution is 2.18. The van der Waals surface area contributed by atoms with E-state index in [2.05, 4.69) is 28.9 Å². The van der Waals surface area contributed by atoms with Gasteiger partial charge in [0, 0.05) is 25.8 Å². The third-order valence-corrected chi connectivity index (χ3v) is 4.73. The van der Waals surface area contributed by atoms with E-state index < -0.39 is 0 Å². The van der Waals surface area contributed by atoms with E-state index in [0.717, 1.165) is 30.5 Å². The molecular formula is C22H33N5O4. The van der Waals surface area contributed by atoms with Gasteiger partial charge in [0.2, 0.25) is 5.91 Å². The quantitative estimate of drug-likeness (QED) is 0.403. The van der Waals surface area contributed by atoms with Crippen LogP contribution >= 0.6 is 0 Å². The van der Waals surface area contributed by atoms with E-state index in [9.17, 15) is 9.59 Å². The molecule has 1 N–H and O–H groups in total. The largest absolute Gasteiger partial charge is 0.463 e. The van der Waals surface area contributed by atoms with E-state index in [1.54, 1.807) is 25.5 Å². The van der Waals surface area contributed by atoms with Crippen LogP contribution in [0.5, 0.6) is 0 Å². The SMILES string of the molecule is C#N.CCCCCC(=O)Nc1ncnn2c(CCC(COC(=O)C(C)C)OC)ccc12. The van der Waals surface area contributed by atoms with Gasteiger partial charge in [-0.15, -0.1) is 0 Å². The predicted molar refractivity (Wildman–Crippen MR) is 117 cm³/mol. The predicted octanol–water partition coefficient (Wildman–Crippen LogP) is 3.53. The number of esters is 1. The van der Waals surface area contributed by atoms with Crippen LogP contribution in [-0.4, -0.2) is 46.3 Å². The first-order chi connectivity index (χ1) is 15.0. The first-order valence-corrected chi connectivity index (χ1v) is 10.5. The Hall–Kier alpha value is -2.99. The normalized spacial score (nSPS) is 11.6. The third kappa shape index (κ3) is 8.34. The number of fused-ring (bicyclic) bond motifs is 1. The maximum absolute atomic E-state index is 12.1. The fraction of sp³-hybridized carbons (Fsp3) is 0.591. The van der Waals surface area contributed by atoms with Crippen LogP contribution in [0.4, 0.5) is 5.82 Å². The summed E-state index contributed by atoms with van der Waals surface area (Å²) >= 11 is 0. The summed E-state index contributed by atoms with van der Waals surface area (Å²) in [5.41, 5.74) is 1.73. The summed E-state index contributed by atoms with van der Waals surface area (Å²) in [4.78, 5) is 28.0. The van der Waals surface area contributed by atoms with Gasteiger partial charge in [-0.1, -0.05) is 33.6 Å². The molecule has 2 aromatic rings. The van der Waals surface area contributed by atoms with E-state index >= 15 is 0 Å². The number of anilines is 1. The molecule has 0 bridgehead atoms. The number of amides is 1. The minimum atomic E-state index is -0.229. The second-order valence-corrected chi connectivity index (χ2v) is 7.42. The molecule has 1 atom stereocenters. The highest BCUT2D eigenvalue weighted by molar-refractivity contribution is 5.93. The lowest BCUT2D eigenvalue weighted by molar-refractivity contribution is -0.151. The standard InChI is InChI=1S/C21H32N4O4.CHN/c1-5-6-7-8-19(26)24-20-18-12-10-16(25(18)23-14-22-20)9-11-17(28-4)13-29-21(27)15(2)3;1-2/h10,12,14-15,17H,5-9,11,13H2,1-4H3,(H,22,23,24,26);1H. The molecule has 0 fully saturated rings. The molecule has 2 heterocycles. The van der Waals surface area contributed by atoms with Crippen molar-refractivity contribution in [2.24, 2.45) is 5.92 Å². The first kappa shape index (κ1) is 26.0. The van der Waals surface area contributed by atoms with Gasteiger partial charge in [0.1, 0.15) is 18.5 Å². The molecule has 0 radical (unpaired) electrons. The van der Waals surface area contributed by atoms with Gasteiger partial charge in [-0.2, -0.15) is 5.10 Å². The number of aryl methyl sites for hydroxylation is 1. The number of carbonyl (C=O) groups excluding carboxylic acids is 2. The zero-order chi connectivity index (χ0) is 23.2. The molecule has 0 aliphatic rings. The summed E-state index contributed by atoms with van der Waals surface area (Å²) in [6.45, 7) is 9.44. The van der Waals surface area contributed by atoms with Crippen molar-refractivity contribution < 1.29 is 19.1 Å². The average molecular weight is 432 g/mol. The topological polar surface area (TPSA) is 119 Å². The number of hydrogen-bond acceptors (Lipinski definition) is 7. The van der Waals surface area contributed by atoms with E-state index in [0.29, 0.717) is 25.1 Å². The molecule has 0 aliphatic heterocycles. The number of ether oxygens (including phenoxy) is 2. The number of hydrogen-bond donors (Lipinski definition) is 1. The van der Waals surface area contributed by atoms with Crippen molar-refractivity contribution in [2.75, 3.05) is 19.0 Å². The van der Waals surface area contributed by atoms with Gasteiger partial charge in [0.05, 0.1) is 12.0 Å². The minimum absolute atomic E-state index is 0.0341. The van der Waals surface area contributed by atoms with Gasteiger partial charge < -0.3 is 14.8 Å². The molecule has 1 amide bonds. The molecule has 2 rings (SSSR count). The van der Waals surface area contributed by atoms with Crippen LogP contribution in [0.15, 0.2) is 18.5 Å². The Morgan fingerprint density at radius 1 is 1.26 bits per heavy atom. The summed E-state index contributed by atoms with van der Waals surface area (Å²) in [5.74, 6) is 0.0942. The molecule has 9 heteroatoms. The summed E-state index contributed by atoms with van der Waals surface area (Å²) in [6, 6.07) is 3.86. The highest BCUT2D eigenvalue weighted by atomic mass is 16.6. The lowest BCUT2D eigenvalue weighted by Gasteiger charge is -2.16. The van der Waals surface area contributed by atoms with E-state index in [-0.39, 0.29) is 30.5 Å². The van der Waals surface area contributed by atoms with Crippen molar-refractivity contribution in [3.63, 3.8) is 0 Å². The summed E-state index contributed by atoms with van der Waals surface area (Å²) in [6.07, 6.45) is 6.09. The number of methoxy groups -OCH3 is 1. The van der Waals surface area contributed by atoms with Crippen molar-refractivity contribution in [1.29, 1.82) is 5.26 Å². The molecule has 31 heavy (non-hydrogen) atoms. The lowest BCUT2D eigenvalue weighted by atomic mass is 10.1. The molecule has 0 saturated heterocycles. The average Bonchev–Trinajstić information content (AvgIpc) is 3.19. The zero-order valence-corrected chi connectivity index (χ0v) is 18.8. The monoisotopic (exact) mass is 431 g/mol. The second-order valence-electron chi connectivity index (χ2n) is 7.42. The minimum Gasteiger partial charge on any atom is -0.463 e. The van der Waals surface area contributed by atoms with Gasteiger partial charge in [-0.05, 0) is 31.4 Å². The summed E-state index contributed by atoms with van der Waals surface area (Å²) in [7, 11) is 1.61. The first-order valence-electron chi connectivity index (χ1n) is 10.5. The smallest absolute Gasteiger partial charge is 0.308 e. The maximum atomic E-state index is 12.1. The van der Waals surface area contributed by atoms with Crippen LogP contribution in [0.2, 0.25) is 0 Å². The molecule has 0 aliphatic carbocycles. The molecular weight excluding hydrogens is 398 g/mol. The number of rotatable bonds is 12. The van der Waals surface area contributed by atoms with Crippen LogP contribution in [0.25, 0.3) is 5.52 Å². The Balaban J connectivity index is 0.00000233. The maximum Gasteiger partial charge on any atom is 0.308 e. The lowest BCUT2D eigenvalue weighted by Crippen LogP contribution is -2.23. The van der Waals surface area contributed by atoms with Gasteiger partial charge in [0.25, 0.3) is 0 Å². The second kappa shape index (κ2) is 14.1. The van der Waals surface area contributed by atoms with Crippen LogP contribution in [0.3, 0.4) is 0 Å². The number of nitriles is 1. The number of carbonyl (C=O) groups is 2. The molecule has 170 valence electrons. The zero-order valence-electron chi connectivity index (χ0n) is 18.8. The summed E-state index contributed by atoms with van der Waals surface area (Å²) in [5, 5.41) is 13.7. The van der Waals surface area contributed by atoms with Crippen LogP contribution in [0, 0.1) is 17.8 Å². The van der Waals surface area contributed by atoms with E-state index in [4.69, 9.17) is 14.7 Å². The van der Waals surface area contributed by atoms with Crippen molar-refractivity contribution in [3.8, 4) is 6.57 Å². The molecule has 0 spiro atoms. The van der Waals surface area contributed by atoms with Crippen LogP contribution in [0.1, 0.15) is 58.6 Å². The van der Waals surface area contributed by atoms with Gasteiger partial charge in [0.15, 0.2) is 5.82 Å². The molecule has 1 unspecified atom stereocenters. The molecule has 0 saturated carbocycles. The fourth-order valence-corrected chi connectivity index (χ4v) is 2.92. The van der Waals surface area contributed by atoms with Crippen molar-refractivity contribution in [3.05, 3.63) is 24.2 Å². The van der Waals surface area contributed by atoms with E-state index in [1.165, 1.54) is 6.33 Å². The Kier molecular flexibility index (Phi) is 11.8. The Morgan fingerprint density at radius 2 is 2.00 bits per heavy atom. The number of unbranched alkanes of at least 4 members (excludes halogenated alkanes) is 2. The van der Waals surface area contributed by atoms with Crippen LogP contribution < -0.4 is 5.32 Å². The van der Waals surface area contributed by atoms with Crippen molar-refractivity contribution in [2.45, 2.75) is 65.4 Å². The summed E-state index contributed by atoms with van der Waals surface area (Å²) < 4.78 is 12.5. The Bertz CT molecular complexity index is 847. The molecule has 2 aromatic heterocycles. The third-order valence-electron chi connectivity index (χ3n) is 4.73. The van der Waals surface area contributed by atoms with Crippen molar-refractivity contribution in [1.82, 2.24) is 14.6 Å². The Morgan fingerprint density at radius 3 is 2.65 bits per heavy atom. The van der Waals surface area contributed by atoms with Crippen molar-refractivity contribution >= 4 is 23.2 Å². The van der Waals surface area contributed by atoms with Gasteiger partial charge in [-0.3, -0.25) is 9.59 Å². The van der Waals surface area contributed by atoms with Gasteiger partial charge >= 0.3 is 5.97 Å². The fourth-order valence-electron chi connectivity index (χ4n) is 2.92. The number of nitrogens with one attached hydrogen (secondary N) is 1. The highest BCUT2D eigenvalue weighted by Gasteiger charge is 2.16. The van der Waals surface area contributed by atoms with Gasteiger partial charge in [-0.25, -0.2) is 14.8 Å². The number of aromatic nitrogens is 3. The molecule has 0 aromatic carbocycles. The Labute approximate surface area is 183 Å². The van der Waals surface area contributed by atoms with E-state index in [1.807, 2.05) is 12.1 Å². The molecule has 9 nitrogen and oxygen atoms in total. The van der Waals surface area contributed by atoms with Crippen LogP contribution in [-0.2, 0) is 25.5 Å².